The van der Waals surface area contributed by atoms with Gasteiger partial charge in [-0.05, 0) is 57.8 Å². The molecule has 1 aromatic carbocycles. The van der Waals surface area contributed by atoms with Crippen LogP contribution < -0.4 is 14.8 Å². The van der Waals surface area contributed by atoms with Gasteiger partial charge in [0, 0.05) is 12.6 Å². The molecule has 1 saturated heterocycles. The first-order valence-electron chi connectivity index (χ1n) is 8.30. The normalized spacial score (nSPS) is 16.4. The summed E-state index contributed by atoms with van der Waals surface area (Å²) in [5.41, 5.74) is 0.520. The molecule has 0 bridgehead atoms. The summed E-state index contributed by atoms with van der Waals surface area (Å²) in [6.07, 6.45) is 2.27. The summed E-state index contributed by atoms with van der Waals surface area (Å²) >= 11 is 0. The molecule has 1 heterocycles. The van der Waals surface area contributed by atoms with Gasteiger partial charge in [-0.3, -0.25) is 4.79 Å². The van der Waals surface area contributed by atoms with Crippen molar-refractivity contribution in [3.8, 4) is 11.5 Å². The van der Waals surface area contributed by atoms with Crippen molar-refractivity contribution in [1.29, 1.82) is 0 Å². The van der Waals surface area contributed by atoms with E-state index in [-0.39, 0.29) is 5.91 Å². The van der Waals surface area contributed by atoms with Gasteiger partial charge in [-0.1, -0.05) is 6.07 Å². The number of amides is 1. The highest BCUT2D eigenvalue weighted by molar-refractivity contribution is 5.97. The van der Waals surface area contributed by atoms with Gasteiger partial charge in [0.15, 0.2) is 11.5 Å². The molecule has 1 N–H and O–H groups in total. The first-order chi connectivity index (χ1) is 11.1. The van der Waals surface area contributed by atoms with Gasteiger partial charge in [0.2, 0.25) is 0 Å². The number of hydrogen-bond acceptors (Lipinski definition) is 4. The van der Waals surface area contributed by atoms with Gasteiger partial charge < -0.3 is 19.7 Å². The number of methoxy groups -OCH3 is 2. The Hall–Kier alpha value is -1.75. The van der Waals surface area contributed by atoms with Crippen LogP contribution in [0.3, 0.4) is 0 Å². The molecule has 0 spiro atoms. The van der Waals surface area contributed by atoms with Gasteiger partial charge in [0.25, 0.3) is 5.91 Å². The summed E-state index contributed by atoms with van der Waals surface area (Å²) < 4.78 is 10.6. The smallest absolute Gasteiger partial charge is 0.255 e. The number of nitrogens with zero attached hydrogens (tertiary/aromatic N) is 1. The average molecular weight is 320 g/mol. The number of nitrogens with one attached hydrogen (secondary N) is 1. The van der Waals surface area contributed by atoms with E-state index in [1.165, 1.54) is 0 Å². The van der Waals surface area contributed by atoms with E-state index in [1.807, 2.05) is 0 Å². The third-order valence-corrected chi connectivity index (χ3v) is 4.58. The lowest BCUT2D eigenvalue weighted by atomic mass is 9.96. The maximum atomic E-state index is 12.5. The minimum atomic E-state index is -0.105. The molecule has 2 rings (SSSR count). The predicted molar refractivity (Wildman–Crippen MR) is 91.3 cm³/mol. The lowest BCUT2D eigenvalue weighted by Crippen LogP contribution is -2.41. The molecule has 0 radical (unpaired) electrons. The Morgan fingerprint density at radius 3 is 2.52 bits per heavy atom. The molecule has 0 aromatic heterocycles. The van der Waals surface area contributed by atoms with Crippen LogP contribution in [-0.4, -0.2) is 50.7 Å². The fourth-order valence-corrected chi connectivity index (χ4v) is 3.07. The number of piperidine rings is 1. The van der Waals surface area contributed by atoms with Crippen LogP contribution in [0, 0.1) is 5.92 Å². The highest BCUT2D eigenvalue weighted by Gasteiger charge is 2.22. The first kappa shape index (κ1) is 17.6. The SMILES string of the molecule is COc1cccc(C(=O)NCC2CCN(C(C)C)CC2)c1OC. The first-order valence-corrected chi connectivity index (χ1v) is 8.30. The van der Waals surface area contributed by atoms with Crippen molar-refractivity contribution in [3.63, 3.8) is 0 Å². The topological polar surface area (TPSA) is 50.8 Å². The molecule has 1 aliphatic rings. The highest BCUT2D eigenvalue weighted by atomic mass is 16.5. The number of carbonyl (C=O) groups is 1. The summed E-state index contributed by atoms with van der Waals surface area (Å²) in [5, 5.41) is 3.05. The molecule has 1 fully saturated rings. The molecule has 1 aromatic rings. The molecule has 0 saturated carbocycles. The van der Waals surface area contributed by atoms with Crippen LogP contribution in [0.25, 0.3) is 0 Å². The Kier molecular flexibility index (Phi) is 6.28. The zero-order valence-electron chi connectivity index (χ0n) is 14.6. The van der Waals surface area contributed by atoms with Crippen molar-refractivity contribution in [2.45, 2.75) is 32.7 Å². The number of likely N-dealkylation sites (tertiary alicyclic amines) is 1. The van der Waals surface area contributed by atoms with Crippen molar-refractivity contribution in [2.75, 3.05) is 33.9 Å². The van der Waals surface area contributed by atoms with Crippen LogP contribution in [0.5, 0.6) is 11.5 Å². The van der Waals surface area contributed by atoms with Gasteiger partial charge >= 0.3 is 0 Å². The molecule has 5 heteroatoms. The maximum Gasteiger partial charge on any atom is 0.255 e. The lowest BCUT2D eigenvalue weighted by Gasteiger charge is -2.34. The Morgan fingerprint density at radius 2 is 1.96 bits per heavy atom. The number of carbonyl (C=O) groups excluding carboxylic acids is 1. The summed E-state index contributed by atoms with van der Waals surface area (Å²) in [4.78, 5) is 14.9. The van der Waals surface area contributed by atoms with Crippen molar-refractivity contribution >= 4 is 5.91 Å². The number of hydrogen-bond donors (Lipinski definition) is 1. The Morgan fingerprint density at radius 1 is 1.26 bits per heavy atom. The average Bonchev–Trinajstić information content (AvgIpc) is 2.59. The van der Waals surface area contributed by atoms with Gasteiger partial charge in [0.1, 0.15) is 0 Å². The van der Waals surface area contributed by atoms with Crippen LogP contribution in [-0.2, 0) is 0 Å². The lowest BCUT2D eigenvalue weighted by molar-refractivity contribution is 0.0926. The number of benzene rings is 1. The Labute approximate surface area is 139 Å². The van der Waals surface area contributed by atoms with Crippen molar-refractivity contribution < 1.29 is 14.3 Å². The van der Waals surface area contributed by atoms with Gasteiger partial charge in [0.05, 0.1) is 19.8 Å². The van der Waals surface area contributed by atoms with Crippen LogP contribution in [0.1, 0.15) is 37.0 Å². The second-order valence-corrected chi connectivity index (χ2v) is 6.32. The van der Waals surface area contributed by atoms with Crippen molar-refractivity contribution in [1.82, 2.24) is 10.2 Å². The molecular weight excluding hydrogens is 292 g/mol. The van der Waals surface area contributed by atoms with Crippen molar-refractivity contribution in [3.05, 3.63) is 23.8 Å². The molecule has 0 atom stereocenters. The summed E-state index contributed by atoms with van der Waals surface area (Å²) in [7, 11) is 3.12. The maximum absolute atomic E-state index is 12.5. The predicted octanol–water partition coefficient (Wildman–Crippen LogP) is 2.55. The molecule has 23 heavy (non-hydrogen) atoms. The van der Waals surface area contributed by atoms with E-state index in [0.717, 1.165) is 25.9 Å². The summed E-state index contributed by atoms with van der Waals surface area (Å²) in [6, 6.07) is 5.96. The molecule has 1 aliphatic heterocycles. The van der Waals surface area contributed by atoms with E-state index in [1.54, 1.807) is 32.4 Å². The molecule has 5 nitrogen and oxygen atoms in total. The highest BCUT2D eigenvalue weighted by Crippen LogP contribution is 2.30. The third kappa shape index (κ3) is 4.38. The molecule has 0 unspecified atom stereocenters. The van der Waals surface area contributed by atoms with E-state index in [9.17, 15) is 4.79 Å². The summed E-state index contributed by atoms with van der Waals surface area (Å²) in [5.74, 6) is 1.50. The van der Waals surface area contributed by atoms with Crippen LogP contribution in [0.2, 0.25) is 0 Å². The Bertz CT molecular complexity index is 523. The summed E-state index contributed by atoms with van der Waals surface area (Å²) in [6.45, 7) is 7.40. The molecule has 1 amide bonds. The number of rotatable bonds is 6. The minimum Gasteiger partial charge on any atom is -0.493 e. The van der Waals surface area contributed by atoms with E-state index in [4.69, 9.17) is 9.47 Å². The second-order valence-electron chi connectivity index (χ2n) is 6.32. The monoisotopic (exact) mass is 320 g/mol. The van der Waals surface area contributed by atoms with Crippen molar-refractivity contribution in [2.24, 2.45) is 5.92 Å². The van der Waals surface area contributed by atoms with E-state index in [0.29, 0.717) is 35.6 Å². The van der Waals surface area contributed by atoms with Gasteiger partial charge in [-0.15, -0.1) is 0 Å². The second kappa shape index (κ2) is 8.20. The third-order valence-electron chi connectivity index (χ3n) is 4.58. The van der Waals surface area contributed by atoms with E-state index >= 15 is 0 Å². The number of para-hydroxylation sites is 1. The van der Waals surface area contributed by atoms with E-state index in [2.05, 4.69) is 24.1 Å². The Balaban J connectivity index is 1.91. The van der Waals surface area contributed by atoms with Gasteiger partial charge in [-0.25, -0.2) is 0 Å². The molecule has 0 aliphatic carbocycles. The largest absolute Gasteiger partial charge is 0.493 e. The van der Waals surface area contributed by atoms with Crippen LogP contribution in [0.15, 0.2) is 18.2 Å². The quantitative estimate of drug-likeness (QED) is 0.875. The minimum absolute atomic E-state index is 0.105. The van der Waals surface area contributed by atoms with Gasteiger partial charge in [-0.2, -0.15) is 0 Å². The fraction of sp³-hybridized carbons (Fsp3) is 0.611. The van der Waals surface area contributed by atoms with E-state index < -0.39 is 0 Å². The molecular formula is C18H28N2O3. The zero-order chi connectivity index (χ0) is 16.8. The number of ether oxygens (including phenoxy) is 2. The standard InChI is InChI=1S/C18H28N2O3/c1-13(2)20-10-8-14(9-11-20)12-19-18(21)15-6-5-7-16(22-3)17(15)23-4/h5-7,13-14H,8-12H2,1-4H3,(H,19,21). The van der Waals surface area contributed by atoms with Crippen LogP contribution in [0.4, 0.5) is 0 Å². The fourth-order valence-electron chi connectivity index (χ4n) is 3.07. The molecule has 128 valence electrons. The van der Waals surface area contributed by atoms with Crippen LogP contribution >= 0.6 is 0 Å². The zero-order valence-corrected chi connectivity index (χ0v) is 14.6.